The van der Waals surface area contributed by atoms with Crippen LogP contribution in [-0.4, -0.2) is 34.4 Å². The summed E-state index contributed by atoms with van der Waals surface area (Å²) in [6, 6.07) is 21.6. The molecule has 0 unspecified atom stereocenters. The molecule has 0 spiro atoms. The van der Waals surface area contributed by atoms with E-state index in [2.05, 4.69) is 6.92 Å². The lowest BCUT2D eigenvalue weighted by Crippen LogP contribution is -2.29. The molecule has 2 aliphatic heterocycles. The largest absolute Gasteiger partial charge is 0.507 e. The fraction of sp³-hybridized carbons (Fsp3) is 0.290. The van der Waals surface area contributed by atoms with Crippen molar-refractivity contribution in [2.24, 2.45) is 0 Å². The van der Waals surface area contributed by atoms with E-state index >= 15 is 0 Å². The van der Waals surface area contributed by atoms with Crippen LogP contribution < -0.4 is 9.47 Å². The number of benzene rings is 3. The van der Waals surface area contributed by atoms with Crippen LogP contribution in [0.3, 0.4) is 0 Å². The average molecular weight is 498 g/mol. The lowest BCUT2D eigenvalue weighted by atomic mass is 9.94. The maximum absolute atomic E-state index is 13.4. The molecule has 0 aliphatic carbocycles. The summed E-state index contributed by atoms with van der Waals surface area (Å²) in [5, 5.41) is 11.5. The maximum Gasteiger partial charge on any atom is 0.295 e. The van der Waals surface area contributed by atoms with Crippen molar-refractivity contribution in [1.29, 1.82) is 0 Å². The fourth-order valence-corrected chi connectivity index (χ4v) is 5.00. The van der Waals surface area contributed by atoms with Crippen molar-refractivity contribution in [2.75, 3.05) is 6.61 Å². The Morgan fingerprint density at radius 3 is 2.65 bits per heavy atom. The van der Waals surface area contributed by atoms with Crippen LogP contribution in [0.15, 0.2) is 78.4 Å². The van der Waals surface area contributed by atoms with E-state index in [-0.39, 0.29) is 24.0 Å². The zero-order valence-electron chi connectivity index (χ0n) is 21.1. The van der Waals surface area contributed by atoms with Crippen molar-refractivity contribution in [3.05, 3.63) is 101 Å². The van der Waals surface area contributed by atoms with Gasteiger partial charge in [0.2, 0.25) is 0 Å². The van der Waals surface area contributed by atoms with Gasteiger partial charge in [-0.05, 0) is 60.4 Å². The van der Waals surface area contributed by atoms with Gasteiger partial charge in [0.05, 0.1) is 18.2 Å². The third kappa shape index (κ3) is 4.96. The number of amides is 1. The van der Waals surface area contributed by atoms with Crippen molar-refractivity contribution in [3.63, 3.8) is 0 Å². The summed E-state index contributed by atoms with van der Waals surface area (Å²) >= 11 is 0. The Balaban J connectivity index is 1.59. The van der Waals surface area contributed by atoms with Gasteiger partial charge in [0.25, 0.3) is 11.7 Å². The Bertz CT molecular complexity index is 1350. The summed E-state index contributed by atoms with van der Waals surface area (Å²) < 4.78 is 11.7. The zero-order chi connectivity index (χ0) is 25.9. The van der Waals surface area contributed by atoms with Gasteiger partial charge < -0.3 is 19.5 Å². The molecule has 5 rings (SSSR count). The Hall–Kier alpha value is -4.06. The molecular formula is C31H31NO5. The van der Waals surface area contributed by atoms with E-state index in [0.29, 0.717) is 23.5 Å². The van der Waals surface area contributed by atoms with Crippen molar-refractivity contribution in [3.8, 4) is 11.5 Å². The number of ketones is 1. The Labute approximate surface area is 217 Å². The molecule has 0 aromatic heterocycles. The Morgan fingerprint density at radius 2 is 1.86 bits per heavy atom. The second-order valence-electron chi connectivity index (χ2n) is 9.64. The smallest absolute Gasteiger partial charge is 0.295 e. The van der Waals surface area contributed by atoms with Crippen LogP contribution in [0.4, 0.5) is 0 Å². The van der Waals surface area contributed by atoms with Crippen LogP contribution >= 0.6 is 0 Å². The predicted octanol–water partition coefficient (Wildman–Crippen LogP) is 5.81. The van der Waals surface area contributed by atoms with Gasteiger partial charge in [-0.1, -0.05) is 55.8 Å². The molecule has 0 radical (unpaired) electrons. The number of hydrogen-bond acceptors (Lipinski definition) is 5. The molecule has 6 heteroatoms. The Morgan fingerprint density at radius 1 is 1.05 bits per heavy atom. The molecule has 6 nitrogen and oxygen atoms in total. The van der Waals surface area contributed by atoms with E-state index in [9.17, 15) is 14.7 Å². The highest BCUT2D eigenvalue weighted by Gasteiger charge is 2.46. The van der Waals surface area contributed by atoms with E-state index in [0.717, 1.165) is 36.1 Å². The summed E-state index contributed by atoms with van der Waals surface area (Å²) in [5.74, 6) is -0.0628. The molecule has 1 amide bonds. The van der Waals surface area contributed by atoms with Crippen LogP contribution in [0.2, 0.25) is 0 Å². The molecule has 2 heterocycles. The first kappa shape index (κ1) is 24.6. The molecule has 1 saturated heterocycles. The third-order valence-corrected chi connectivity index (χ3v) is 6.85. The van der Waals surface area contributed by atoms with Crippen molar-refractivity contribution in [1.82, 2.24) is 4.90 Å². The van der Waals surface area contributed by atoms with Crippen LogP contribution in [0, 0.1) is 0 Å². The minimum Gasteiger partial charge on any atom is -0.507 e. The number of fused-ring (bicyclic) bond motifs is 1. The summed E-state index contributed by atoms with van der Waals surface area (Å²) in [5.41, 5.74) is 3.16. The SMILES string of the molecule is CCCCOc1cccc([C@H]2C(=C(O)c3ccc4c(c3)C[C@H](C)O4)C(=O)C(=O)N2Cc2ccccc2)c1. The number of hydrogen-bond donors (Lipinski definition) is 1. The monoisotopic (exact) mass is 497 g/mol. The second-order valence-corrected chi connectivity index (χ2v) is 9.64. The lowest BCUT2D eigenvalue weighted by molar-refractivity contribution is -0.140. The standard InChI is InChI=1S/C31H31NO5/c1-3-4-15-36-25-12-8-11-22(18-25)28-27(29(33)23-13-14-26-24(17-23)16-20(2)37-26)30(34)31(35)32(28)19-21-9-6-5-7-10-21/h5-14,17-18,20,28,33H,3-4,15-16,19H2,1-2H3/t20-,28-/m0/s1. The van der Waals surface area contributed by atoms with Gasteiger partial charge in [-0.25, -0.2) is 0 Å². The number of likely N-dealkylation sites (tertiary alicyclic amines) is 1. The van der Waals surface area contributed by atoms with Gasteiger partial charge in [0, 0.05) is 18.5 Å². The van der Waals surface area contributed by atoms with Crippen LogP contribution in [0.5, 0.6) is 11.5 Å². The van der Waals surface area contributed by atoms with E-state index in [1.807, 2.05) is 73.7 Å². The molecule has 0 saturated carbocycles. The summed E-state index contributed by atoms with van der Waals surface area (Å²) in [6.45, 7) is 4.91. The number of carbonyl (C=O) groups is 2. The van der Waals surface area contributed by atoms with Crippen LogP contribution in [0.25, 0.3) is 5.76 Å². The highest BCUT2D eigenvalue weighted by Crippen LogP contribution is 2.42. The second kappa shape index (κ2) is 10.5. The quantitative estimate of drug-likeness (QED) is 0.184. The summed E-state index contributed by atoms with van der Waals surface area (Å²) in [6.07, 6.45) is 2.72. The number of nitrogens with zero attached hydrogens (tertiary/aromatic N) is 1. The van der Waals surface area contributed by atoms with Gasteiger partial charge >= 0.3 is 0 Å². The number of Topliss-reactive ketones (excluding diaryl/α,β-unsaturated/α-hetero) is 1. The van der Waals surface area contributed by atoms with E-state index in [1.54, 1.807) is 6.07 Å². The molecule has 1 fully saturated rings. The fourth-order valence-electron chi connectivity index (χ4n) is 5.00. The molecule has 3 aromatic rings. The maximum atomic E-state index is 13.4. The molecule has 2 aliphatic rings. The number of rotatable bonds is 8. The number of unbranched alkanes of at least 4 members (excludes halogenated alkanes) is 1. The molecule has 3 aromatic carbocycles. The minimum absolute atomic E-state index is 0.0549. The van der Waals surface area contributed by atoms with Gasteiger partial charge in [0.1, 0.15) is 23.4 Å². The summed E-state index contributed by atoms with van der Waals surface area (Å²) in [7, 11) is 0. The molecule has 37 heavy (non-hydrogen) atoms. The first-order valence-electron chi connectivity index (χ1n) is 12.8. The van der Waals surface area contributed by atoms with Crippen molar-refractivity contribution >= 4 is 17.4 Å². The predicted molar refractivity (Wildman–Crippen MR) is 141 cm³/mol. The average Bonchev–Trinajstić information content (AvgIpc) is 3.40. The van der Waals surface area contributed by atoms with E-state index in [1.165, 1.54) is 4.90 Å². The minimum atomic E-state index is -0.752. The van der Waals surface area contributed by atoms with Gasteiger partial charge in [-0.15, -0.1) is 0 Å². The first-order valence-corrected chi connectivity index (χ1v) is 12.8. The number of ether oxygens (including phenoxy) is 2. The van der Waals surface area contributed by atoms with Crippen molar-refractivity contribution in [2.45, 2.75) is 51.8 Å². The normalized spacial score (nSPS) is 20.1. The first-order chi connectivity index (χ1) is 18.0. The zero-order valence-corrected chi connectivity index (χ0v) is 21.1. The summed E-state index contributed by atoms with van der Waals surface area (Å²) in [4.78, 5) is 28.3. The van der Waals surface area contributed by atoms with Crippen molar-refractivity contribution < 1.29 is 24.2 Å². The molecule has 190 valence electrons. The number of aliphatic hydroxyl groups is 1. The molecule has 1 N–H and O–H groups in total. The molecule has 0 bridgehead atoms. The third-order valence-electron chi connectivity index (χ3n) is 6.85. The molecule has 2 atom stereocenters. The van der Waals surface area contributed by atoms with E-state index < -0.39 is 17.7 Å². The van der Waals surface area contributed by atoms with Gasteiger partial charge in [0.15, 0.2) is 0 Å². The number of aliphatic hydroxyl groups excluding tert-OH is 1. The van der Waals surface area contributed by atoms with Gasteiger partial charge in [-0.2, -0.15) is 0 Å². The van der Waals surface area contributed by atoms with Crippen LogP contribution in [0.1, 0.15) is 55.0 Å². The molecular weight excluding hydrogens is 466 g/mol. The van der Waals surface area contributed by atoms with E-state index in [4.69, 9.17) is 9.47 Å². The van der Waals surface area contributed by atoms with Gasteiger partial charge in [-0.3, -0.25) is 9.59 Å². The highest BCUT2D eigenvalue weighted by atomic mass is 16.5. The van der Waals surface area contributed by atoms with Crippen LogP contribution in [-0.2, 0) is 22.6 Å². The highest BCUT2D eigenvalue weighted by molar-refractivity contribution is 6.46. The number of carbonyl (C=O) groups excluding carboxylic acids is 2. The Kier molecular flexibility index (Phi) is 6.99. The topological polar surface area (TPSA) is 76.1 Å². The lowest BCUT2D eigenvalue weighted by Gasteiger charge is -2.26.